The molecule has 0 saturated carbocycles. The molecule has 1 heterocycles. The van der Waals surface area contributed by atoms with Crippen LogP contribution >= 0.6 is 11.8 Å². The lowest BCUT2D eigenvalue weighted by atomic mass is 10.2. The molecule has 0 aliphatic heterocycles. The molecule has 0 unspecified atom stereocenters. The lowest BCUT2D eigenvalue weighted by Gasteiger charge is -2.22. The van der Waals surface area contributed by atoms with E-state index in [-0.39, 0.29) is 11.7 Å². The second-order valence-electron chi connectivity index (χ2n) is 7.40. The highest BCUT2D eigenvalue weighted by atomic mass is 32.2. The zero-order valence-electron chi connectivity index (χ0n) is 17.5. The van der Waals surface area contributed by atoms with Gasteiger partial charge < -0.3 is 4.90 Å². The molecule has 160 valence electrons. The molecule has 4 rings (SSSR count). The summed E-state index contributed by atoms with van der Waals surface area (Å²) in [6, 6.07) is 16.3. The highest BCUT2D eigenvalue weighted by molar-refractivity contribution is 7.99. The normalized spacial score (nSPS) is 13.3. The molecule has 2 aromatic carbocycles. The summed E-state index contributed by atoms with van der Waals surface area (Å²) < 4.78 is 15.4. The number of hydrogen-bond donors (Lipinski definition) is 0. The number of allylic oxidation sites excluding steroid dienone is 2. The van der Waals surface area contributed by atoms with E-state index in [2.05, 4.69) is 16.3 Å². The molecular formula is C24H25FN4OS. The van der Waals surface area contributed by atoms with Crippen LogP contribution in [0.5, 0.6) is 0 Å². The summed E-state index contributed by atoms with van der Waals surface area (Å²) in [5.74, 6) is 0.739. The first kappa shape index (κ1) is 21.3. The first-order valence-corrected chi connectivity index (χ1v) is 11.5. The summed E-state index contributed by atoms with van der Waals surface area (Å²) in [5.41, 5.74) is 3.02. The topological polar surface area (TPSA) is 51.0 Å². The van der Waals surface area contributed by atoms with Gasteiger partial charge in [-0.15, -0.1) is 10.2 Å². The minimum absolute atomic E-state index is 0.0817. The van der Waals surface area contributed by atoms with E-state index >= 15 is 0 Å². The molecule has 0 atom stereocenters. The number of carbonyl (C=O) groups is 1. The van der Waals surface area contributed by atoms with Gasteiger partial charge in [-0.05, 0) is 56.0 Å². The molecule has 1 aliphatic rings. The Morgan fingerprint density at radius 3 is 2.58 bits per heavy atom. The quantitative estimate of drug-likeness (QED) is 0.459. The van der Waals surface area contributed by atoms with Crippen LogP contribution in [0.25, 0.3) is 11.4 Å². The van der Waals surface area contributed by atoms with E-state index in [1.54, 1.807) is 12.1 Å². The van der Waals surface area contributed by atoms with Crippen molar-refractivity contribution in [2.75, 3.05) is 12.3 Å². The average molecular weight is 437 g/mol. The second-order valence-corrected chi connectivity index (χ2v) is 8.34. The third kappa shape index (κ3) is 5.05. The molecule has 1 aliphatic carbocycles. The van der Waals surface area contributed by atoms with Crippen molar-refractivity contribution in [3.05, 3.63) is 77.8 Å². The van der Waals surface area contributed by atoms with Crippen molar-refractivity contribution in [1.29, 1.82) is 0 Å². The monoisotopic (exact) mass is 436 g/mol. The number of aromatic nitrogens is 3. The fourth-order valence-electron chi connectivity index (χ4n) is 3.76. The van der Waals surface area contributed by atoms with Crippen molar-refractivity contribution in [1.82, 2.24) is 19.7 Å². The number of hydrogen-bond acceptors (Lipinski definition) is 4. The van der Waals surface area contributed by atoms with E-state index in [4.69, 9.17) is 0 Å². The molecule has 7 heteroatoms. The van der Waals surface area contributed by atoms with Crippen LogP contribution in [0.2, 0.25) is 0 Å². The number of carbonyl (C=O) groups excluding carboxylic acids is 1. The Balaban J connectivity index is 1.57. The van der Waals surface area contributed by atoms with E-state index in [1.807, 2.05) is 46.7 Å². The van der Waals surface area contributed by atoms with Gasteiger partial charge in [-0.2, -0.15) is 0 Å². The highest BCUT2D eigenvalue weighted by Crippen LogP contribution is 2.27. The van der Waals surface area contributed by atoms with Gasteiger partial charge in [0.05, 0.1) is 12.3 Å². The fraction of sp³-hybridized carbons (Fsp3) is 0.292. The Bertz CT molecular complexity index is 1060. The van der Waals surface area contributed by atoms with Crippen LogP contribution in [-0.2, 0) is 11.3 Å². The Kier molecular flexibility index (Phi) is 6.82. The van der Waals surface area contributed by atoms with Crippen molar-refractivity contribution in [3.63, 3.8) is 0 Å². The first-order chi connectivity index (χ1) is 15.2. The average Bonchev–Trinajstić information content (AvgIpc) is 3.45. The van der Waals surface area contributed by atoms with Crippen LogP contribution in [0, 0.1) is 5.82 Å². The molecule has 0 N–H and O–H groups in total. The van der Waals surface area contributed by atoms with Crippen LogP contribution < -0.4 is 0 Å². The minimum atomic E-state index is -0.293. The largest absolute Gasteiger partial charge is 0.316 e. The number of nitrogens with zero attached hydrogens (tertiary/aromatic N) is 4. The van der Waals surface area contributed by atoms with E-state index in [0.717, 1.165) is 36.1 Å². The standard InChI is InChI=1S/C24H25FN4OS/c1-2-28(21-10-6-7-11-21)22(30)17-31-24-27-26-23(19-12-14-20(25)15-13-19)29(24)16-18-8-4-3-5-9-18/h3-5,8-10,12-15H,2,6-7,11,16-17H2,1H3. The SMILES string of the molecule is CCN(C(=O)CSc1nnc(-c2ccc(F)cc2)n1Cc1ccccc1)C1=CCCC1. The van der Waals surface area contributed by atoms with Gasteiger partial charge in [0.2, 0.25) is 5.91 Å². The smallest absolute Gasteiger partial charge is 0.237 e. The Morgan fingerprint density at radius 1 is 1.13 bits per heavy atom. The van der Waals surface area contributed by atoms with Crippen LogP contribution in [0.4, 0.5) is 4.39 Å². The van der Waals surface area contributed by atoms with Crippen molar-refractivity contribution in [2.24, 2.45) is 0 Å². The van der Waals surface area contributed by atoms with Crippen molar-refractivity contribution in [2.45, 2.75) is 37.9 Å². The third-order valence-electron chi connectivity index (χ3n) is 5.31. The maximum absolute atomic E-state index is 13.4. The Labute approximate surface area is 186 Å². The van der Waals surface area contributed by atoms with Crippen LogP contribution in [0.1, 0.15) is 31.7 Å². The van der Waals surface area contributed by atoms with E-state index in [0.29, 0.717) is 29.8 Å². The summed E-state index contributed by atoms with van der Waals surface area (Å²) in [5, 5.41) is 9.40. The van der Waals surface area contributed by atoms with Crippen molar-refractivity contribution in [3.8, 4) is 11.4 Å². The van der Waals surface area contributed by atoms with Gasteiger partial charge in [0.25, 0.3) is 0 Å². The first-order valence-electron chi connectivity index (χ1n) is 10.5. The van der Waals surface area contributed by atoms with E-state index in [9.17, 15) is 9.18 Å². The van der Waals surface area contributed by atoms with Gasteiger partial charge >= 0.3 is 0 Å². The summed E-state index contributed by atoms with van der Waals surface area (Å²) >= 11 is 1.39. The summed E-state index contributed by atoms with van der Waals surface area (Å²) in [6.07, 6.45) is 5.27. The molecule has 1 amide bonds. The lowest BCUT2D eigenvalue weighted by Crippen LogP contribution is -2.31. The summed E-state index contributed by atoms with van der Waals surface area (Å²) in [6.45, 7) is 3.24. The fourth-order valence-corrected chi connectivity index (χ4v) is 4.57. The number of rotatable bonds is 8. The Morgan fingerprint density at radius 2 is 1.90 bits per heavy atom. The van der Waals surface area contributed by atoms with Crippen LogP contribution in [0.3, 0.4) is 0 Å². The van der Waals surface area contributed by atoms with Crippen molar-refractivity contribution < 1.29 is 9.18 Å². The van der Waals surface area contributed by atoms with Gasteiger partial charge in [0.1, 0.15) is 5.82 Å². The molecule has 3 aromatic rings. The highest BCUT2D eigenvalue weighted by Gasteiger charge is 2.21. The van der Waals surface area contributed by atoms with Crippen LogP contribution in [0.15, 0.2) is 71.5 Å². The third-order valence-corrected chi connectivity index (χ3v) is 6.26. The molecule has 5 nitrogen and oxygen atoms in total. The molecule has 0 bridgehead atoms. The number of halogens is 1. The van der Waals surface area contributed by atoms with Crippen molar-refractivity contribution >= 4 is 17.7 Å². The van der Waals surface area contributed by atoms with Gasteiger partial charge in [-0.1, -0.05) is 48.2 Å². The van der Waals surface area contributed by atoms with Gasteiger partial charge in [-0.3, -0.25) is 9.36 Å². The molecular weight excluding hydrogens is 411 g/mol. The van der Waals surface area contributed by atoms with Crippen LogP contribution in [-0.4, -0.2) is 37.9 Å². The van der Waals surface area contributed by atoms with Gasteiger partial charge in [0.15, 0.2) is 11.0 Å². The summed E-state index contributed by atoms with van der Waals surface area (Å²) in [4.78, 5) is 14.8. The molecule has 0 radical (unpaired) electrons. The number of benzene rings is 2. The van der Waals surface area contributed by atoms with E-state index < -0.39 is 0 Å². The second kappa shape index (κ2) is 9.92. The molecule has 0 spiro atoms. The molecule has 31 heavy (non-hydrogen) atoms. The zero-order chi connectivity index (χ0) is 21.6. The maximum Gasteiger partial charge on any atom is 0.237 e. The minimum Gasteiger partial charge on any atom is -0.316 e. The predicted molar refractivity (Wildman–Crippen MR) is 121 cm³/mol. The zero-order valence-corrected chi connectivity index (χ0v) is 18.3. The molecule has 0 saturated heterocycles. The van der Waals surface area contributed by atoms with Gasteiger partial charge in [-0.25, -0.2) is 4.39 Å². The number of amides is 1. The maximum atomic E-state index is 13.4. The van der Waals surface area contributed by atoms with Gasteiger partial charge in [0, 0.05) is 17.8 Å². The Hall–Kier alpha value is -2.93. The van der Waals surface area contributed by atoms with E-state index in [1.165, 1.54) is 23.9 Å². The summed E-state index contributed by atoms with van der Waals surface area (Å²) in [7, 11) is 0. The predicted octanol–water partition coefficient (Wildman–Crippen LogP) is 5.14. The molecule has 1 aromatic heterocycles. The number of thioether (sulfide) groups is 1. The molecule has 0 fully saturated rings. The lowest BCUT2D eigenvalue weighted by molar-refractivity contribution is -0.126.